The fourth-order valence-corrected chi connectivity index (χ4v) is 3.02. The second kappa shape index (κ2) is 4.70. The molecule has 0 radical (unpaired) electrons. The van der Waals surface area contributed by atoms with Gasteiger partial charge in [0.1, 0.15) is 5.75 Å². The van der Waals surface area contributed by atoms with Crippen LogP contribution in [-0.2, 0) is 9.59 Å². The van der Waals surface area contributed by atoms with Crippen LogP contribution in [0.2, 0.25) is 0 Å². The van der Waals surface area contributed by atoms with Gasteiger partial charge in [-0.3, -0.25) is 19.3 Å². The minimum absolute atomic E-state index is 0.169. The van der Waals surface area contributed by atoms with E-state index in [2.05, 4.69) is 15.9 Å². The van der Waals surface area contributed by atoms with Gasteiger partial charge < -0.3 is 4.74 Å². The van der Waals surface area contributed by atoms with Crippen LogP contribution < -0.4 is 4.74 Å². The van der Waals surface area contributed by atoms with Crippen molar-refractivity contribution >= 4 is 33.5 Å². The molecule has 3 rings (SSSR count). The van der Waals surface area contributed by atoms with Crippen LogP contribution in [0.25, 0.3) is 0 Å². The number of hydrogen-bond donors (Lipinski definition) is 0. The van der Waals surface area contributed by atoms with Gasteiger partial charge in [-0.25, -0.2) is 0 Å². The molecular weight excluding hydrogens is 326 g/mol. The minimum atomic E-state index is -0.253. The monoisotopic (exact) mass is 337 g/mol. The van der Waals surface area contributed by atoms with Crippen LogP contribution in [0, 0.1) is 11.8 Å². The molecule has 2 unspecified atom stereocenters. The summed E-state index contributed by atoms with van der Waals surface area (Å²) in [4.78, 5) is 36.9. The van der Waals surface area contributed by atoms with E-state index in [1.54, 1.807) is 18.2 Å². The standard InChI is InChI=1S/C14H12BrNO4/c1-20-12-3-2-7(4-10(12)15)11(17)6-16-13(18)8-5-9(8)14(16)19/h2-4,8-9H,5-6H2,1H3. The lowest BCUT2D eigenvalue weighted by molar-refractivity contribution is -0.140. The van der Waals surface area contributed by atoms with Crippen molar-refractivity contribution in [2.24, 2.45) is 11.8 Å². The first-order chi connectivity index (χ1) is 9.52. The summed E-state index contributed by atoms with van der Waals surface area (Å²) in [6.45, 7) is -0.177. The summed E-state index contributed by atoms with van der Waals surface area (Å²) in [6.07, 6.45) is 0.649. The molecule has 1 aliphatic carbocycles. The lowest BCUT2D eigenvalue weighted by Crippen LogP contribution is -2.37. The summed E-state index contributed by atoms with van der Waals surface area (Å²) >= 11 is 3.30. The molecule has 1 aromatic rings. The number of ether oxygens (including phenoxy) is 1. The first kappa shape index (κ1) is 13.3. The van der Waals surface area contributed by atoms with Crippen LogP contribution >= 0.6 is 15.9 Å². The van der Waals surface area contributed by atoms with Crippen molar-refractivity contribution in [2.75, 3.05) is 13.7 Å². The predicted molar refractivity (Wildman–Crippen MR) is 73.3 cm³/mol. The number of methoxy groups -OCH3 is 1. The highest BCUT2D eigenvalue weighted by atomic mass is 79.9. The molecule has 1 saturated carbocycles. The molecule has 20 heavy (non-hydrogen) atoms. The molecule has 0 N–H and O–H groups in total. The van der Waals surface area contributed by atoms with Gasteiger partial charge in [-0.1, -0.05) is 0 Å². The summed E-state index contributed by atoms with van der Waals surface area (Å²) in [5.74, 6) is -0.384. The third kappa shape index (κ3) is 2.04. The summed E-state index contributed by atoms with van der Waals surface area (Å²) < 4.78 is 5.75. The topological polar surface area (TPSA) is 63.7 Å². The quantitative estimate of drug-likeness (QED) is 0.619. The number of Topliss-reactive ketones (excluding diaryl/α,β-unsaturated/α-hetero) is 1. The average Bonchev–Trinajstić information content (AvgIpc) is 3.19. The highest BCUT2D eigenvalue weighted by molar-refractivity contribution is 9.10. The average molecular weight is 338 g/mol. The molecule has 6 heteroatoms. The van der Waals surface area contributed by atoms with Crippen molar-refractivity contribution in [3.8, 4) is 5.75 Å². The van der Waals surface area contributed by atoms with Crippen molar-refractivity contribution in [2.45, 2.75) is 6.42 Å². The second-order valence-electron chi connectivity index (χ2n) is 4.98. The number of carbonyl (C=O) groups is 3. The Kier molecular flexibility index (Phi) is 3.12. The zero-order valence-electron chi connectivity index (χ0n) is 10.8. The van der Waals surface area contributed by atoms with Crippen LogP contribution in [0.4, 0.5) is 0 Å². The molecule has 1 saturated heterocycles. The molecule has 104 valence electrons. The van der Waals surface area contributed by atoms with Gasteiger partial charge in [-0.2, -0.15) is 0 Å². The first-order valence-corrected chi connectivity index (χ1v) is 7.04. The van der Waals surface area contributed by atoms with Crippen molar-refractivity contribution in [3.63, 3.8) is 0 Å². The molecular formula is C14H12BrNO4. The van der Waals surface area contributed by atoms with E-state index in [-0.39, 0.29) is 36.0 Å². The molecule has 1 aliphatic heterocycles. The highest BCUT2D eigenvalue weighted by Gasteiger charge is 2.58. The fourth-order valence-electron chi connectivity index (χ4n) is 2.48. The Morgan fingerprint density at radius 2 is 2.00 bits per heavy atom. The van der Waals surface area contributed by atoms with Crippen molar-refractivity contribution < 1.29 is 19.1 Å². The Balaban J connectivity index is 1.75. The number of carbonyl (C=O) groups excluding carboxylic acids is 3. The number of piperidine rings is 1. The predicted octanol–water partition coefficient (Wildman–Crippen LogP) is 1.65. The van der Waals surface area contributed by atoms with E-state index in [0.29, 0.717) is 22.2 Å². The van der Waals surface area contributed by atoms with E-state index >= 15 is 0 Å². The number of imide groups is 1. The van der Waals surface area contributed by atoms with Gasteiger partial charge in [-0.15, -0.1) is 0 Å². The Morgan fingerprint density at radius 3 is 2.55 bits per heavy atom. The SMILES string of the molecule is COc1ccc(C(=O)CN2C(=O)C3CC3C2=O)cc1Br. The molecule has 1 heterocycles. The van der Waals surface area contributed by atoms with Gasteiger partial charge >= 0.3 is 0 Å². The Labute approximate surface area is 124 Å². The van der Waals surface area contributed by atoms with E-state index in [4.69, 9.17) is 4.74 Å². The van der Waals surface area contributed by atoms with Gasteiger partial charge in [0, 0.05) is 5.56 Å². The van der Waals surface area contributed by atoms with E-state index in [9.17, 15) is 14.4 Å². The van der Waals surface area contributed by atoms with Crippen LogP contribution in [0.15, 0.2) is 22.7 Å². The number of nitrogens with zero attached hydrogens (tertiary/aromatic N) is 1. The van der Waals surface area contributed by atoms with Crippen molar-refractivity contribution in [1.29, 1.82) is 0 Å². The third-order valence-corrected chi connectivity index (χ3v) is 4.35. The molecule has 5 nitrogen and oxygen atoms in total. The smallest absolute Gasteiger partial charge is 0.233 e. The first-order valence-electron chi connectivity index (χ1n) is 6.25. The summed E-state index contributed by atoms with van der Waals surface area (Å²) in [6, 6.07) is 4.92. The zero-order valence-corrected chi connectivity index (χ0v) is 12.3. The number of fused-ring (bicyclic) bond motifs is 1. The maximum absolute atomic E-state index is 12.2. The number of ketones is 1. The molecule has 2 amide bonds. The maximum atomic E-state index is 12.2. The molecule has 2 atom stereocenters. The highest BCUT2D eigenvalue weighted by Crippen LogP contribution is 2.46. The molecule has 0 spiro atoms. The van der Waals surface area contributed by atoms with Gasteiger partial charge in [0.05, 0.1) is 30.0 Å². The van der Waals surface area contributed by atoms with Gasteiger partial charge in [0.25, 0.3) is 0 Å². The maximum Gasteiger partial charge on any atom is 0.233 e. The van der Waals surface area contributed by atoms with Crippen LogP contribution in [0.5, 0.6) is 5.75 Å². The van der Waals surface area contributed by atoms with Crippen molar-refractivity contribution in [3.05, 3.63) is 28.2 Å². The van der Waals surface area contributed by atoms with Crippen LogP contribution in [-0.4, -0.2) is 36.2 Å². The lowest BCUT2D eigenvalue weighted by atomic mass is 10.1. The summed E-state index contributed by atoms with van der Waals surface area (Å²) in [5, 5.41) is 0. The number of amides is 2. The van der Waals surface area contributed by atoms with E-state index in [1.807, 2.05) is 0 Å². The molecule has 0 bridgehead atoms. The normalized spacial score (nSPS) is 23.8. The molecule has 0 aromatic heterocycles. The van der Waals surface area contributed by atoms with Gasteiger partial charge in [0.2, 0.25) is 11.8 Å². The number of halogens is 1. The van der Waals surface area contributed by atoms with E-state index in [0.717, 1.165) is 4.90 Å². The number of hydrogen-bond acceptors (Lipinski definition) is 4. The van der Waals surface area contributed by atoms with Crippen LogP contribution in [0.3, 0.4) is 0 Å². The molecule has 1 aromatic carbocycles. The van der Waals surface area contributed by atoms with E-state index in [1.165, 1.54) is 7.11 Å². The van der Waals surface area contributed by atoms with Crippen molar-refractivity contribution in [1.82, 2.24) is 4.90 Å². The van der Waals surface area contributed by atoms with Gasteiger partial charge in [0.15, 0.2) is 5.78 Å². The second-order valence-corrected chi connectivity index (χ2v) is 5.84. The summed E-state index contributed by atoms with van der Waals surface area (Å²) in [7, 11) is 1.54. The minimum Gasteiger partial charge on any atom is -0.496 e. The van der Waals surface area contributed by atoms with Crippen LogP contribution in [0.1, 0.15) is 16.8 Å². The largest absolute Gasteiger partial charge is 0.496 e. The molecule has 2 aliphatic rings. The van der Waals surface area contributed by atoms with Gasteiger partial charge in [-0.05, 0) is 40.5 Å². The summed E-state index contributed by atoms with van der Waals surface area (Å²) in [5.41, 5.74) is 0.443. The Hall–Kier alpha value is -1.69. The Morgan fingerprint density at radius 1 is 1.35 bits per heavy atom. The molecule has 2 fully saturated rings. The fraction of sp³-hybridized carbons (Fsp3) is 0.357. The Bertz CT molecular complexity index is 608. The zero-order chi connectivity index (χ0) is 14.4. The number of rotatable bonds is 4. The third-order valence-electron chi connectivity index (χ3n) is 3.73. The van der Waals surface area contributed by atoms with E-state index < -0.39 is 0 Å². The lowest BCUT2D eigenvalue weighted by Gasteiger charge is -2.15. The number of benzene rings is 1. The number of likely N-dealkylation sites (tertiary alicyclic amines) is 1.